The third-order valence-electron chi connectivity index (χ3n) is 6.06. The Bertz CT molecular complexity index is 1280. The molecule has 0 aliphatic carbocycles. The second-order valence-corrected chi connectivity index (χ2v) is 12.6. The van der Waals surface area contributed by atoms with Crippen molar-refractivity contribution in [1.82, 2.24) is 9.62 Å². The van der Waals surface area contributed by atoms with Gasteiger partial charge < -0.3 is 14.4 Å². The minimum absolute atomic E-state index is 0.0606. The van der Waals surface area contributed by atoms with Crippen LogP contribution < -0.4 is 9.46 Å². The fourth-order valence-electron chi connectivity index (χ4n) is 3.79. The van der Waals surface area contributed by atoms with Crippen molar-refractivity contribution >= 4 is 39.3 Å². The quantitative estimate of drug-likeness (QED) is 0.382. The molecule has 3 rings (SSSR count). The van der Waals surface area contributed by atoms with Crippen LogP contribution in [-0.2, 0) is 19.6 Å². The summed E-state index contributed by atoms with van der Waals surface area (Å²) in [5.74, 6) is -0.555. The highest BCUT2D eigenvalue weighted by molar-refractivity contribution is 7.99. The summed E-state index contributed by atoms with van der Waals surface area (Å²) in [5.41, 5.74) is -1.33. The molecule has 12 heteroatoms. The summed E-state index contributed by atoms with van der Waals surface area (Å²) < 4.78 is 53.0. The Morgan fingerprint density at radius 2 is 2.03 bits per heavy atom. The molecular weight excluding hydrogens is 553 g/mol. The maximum Gasteiger partial charge on any atom is 0.265 e. The lowest BCUT2D eigenvalue weighted by Crippen LogP contribution is -2.50. The Hall–Kier alpha value is -2.36. The molecule has 0 saturated carbocycles. The maximum atomic E-state index is 13.3. The van der Waals surface area contributed by atoms with E-state index in [9.17, 15) is 22.9 Å². The average Bonchev–Trinajstić information content (AvgIpc) is 2.87. The van der Waals surface area contributed by atoms with Crippen LogP contribution in [0, 0.1) is 17.1 Å². The molecule has 1 saturated heterocycles. The van der Waals surface area contributed by atoms with Crippen molar-refractivity contribution in [3.63, 3.8) is 0 Å². The number of carbonyl (C=O) groups is 1. The lowest BCUT2D eigenvalue weighted by atomic mass is 9.95. The highest BCUT2D eigenvalue weighted by Gasteiger charge is 2.38. The van der Waals surface area contributed by atoms with Crippen LogP contribution in [-0.4, -0.2) is 63.9 Å². The second-order valence-electron chi connectivity index (χ2n) is 9.46. The van der Waals surface area contributed by atoms with Gasteiger partial charge in [0.15, 0.2) is 5.75 Å². The molecule has 1 aliphatic rings. The van der Waals surface area contributed by atoms with Crippen molar-refractivity contribution in [2.45, 2.75) is 54.1 Å². The Labute approximate surface area is 232 Å². The van der Waals surface area contributed by atoms with Crippen molar-refractivity contribution in [2.24, 2.45) is 0 Å². The number of carbonyl (C=O) groups excluding carboxylic acids is 1. The Balaban J connectivity index is 1.81. The van der Waals surface area contributed by atoms with Crippen LogP contribution in [0.15, 0.2) is 46.2 Å². The first kappa shape index (κ1) is 30.2. The molecule has 2 aromatic carbocycles. The number of amides is 1. The Kier molecular flexibility index (Phi) is 10.4. The highest BCUT2D eigenvalue weighted by Crippen LogP contribution is 2.34. The van der Waals surface area contributed by atoms with Gasteiger partial charge in [-0.2, -0.15) is 5.26 Å². The van der Waals surface area contributed by atoms with E-state index in [0.29, 0.717) is 31.7 Å². The molecule has 8 nitrogen and oxygen atoms in total. The summed E-state index contributed by atoms with van der Waals surface area (Å²) in [5, 5.41) is 9.71. The van der Waals surface area contributed by atoms with Crippen LogP contribution in [0.2, 0.25) is 5.02 Å². The first-order valence-electron chi connectivity index (χ1n) is 12.1. The van der Waals surface area contributed by atoms with E-state index in [0.717, 1.165) is 29.9 Å². The summed E-state index contributed by atoms with van der Waals surface area (Å²) in [6.07, 6.45) is 2.15. The van der Waals surface area contributed by atoms with E-state index in [-0.39, 0.29) is 33.2 Å². The zero-order valence-electron chi connectivity index (χ0n) is 21.5. The van der Waals surface area contributed by atoms with Crippen molar-refractivity contribution in [2.75, 3.05) is 33.0 Å². The van der Waals surface area contributed by atoms with Crippen molar-refractivity contribution < 1.29 is 27.1 Å². The van der Waals surface area contributed by atoms with Crippen molar-refractivity contribution in [3.8, 4) is 11.8 Å². The lowest BCUT2D eigenvalue weighted by Gasteiger charge is -2.32. The summed E-state index contributed by atoms with van der Waals surface area (Å²) in [6, 6.07) is 10.3. The molecule has 1 fully saturated rings. The van der Waals surface area contributed by atoms with E-state index in [1.54, 1.807) is 19.1 Å². The maximum absolute atomic E-state index is 13.3. The second kappa shape index (κ2) is 13.1. The van der Waals surface area contributed by atoms with E-state index in [2.05, 4.69) is 4.72 Å². The van der Waals surface area contributed by atoms with Gasteiger partial charge in [-0.3, -0.25) is 4.79 Å². The average molecular weight is 584 g/mol. The number of halogens is 2. The highest BCUT2D eigenvalue weighted by atomic mass is 35.5. The van der Waals surface area contributed by atoms with Crippen LogP contribution in [0.1, 0.15) is 38.2 Å². The molecule has 0 bridgehead atoms. The smallest absolute Gasteiger partial charge is 0.265 e. The van der Waals surface area contributed by atoms with Crippen molar-refractivity contribution in [3.05, 3.63) is 52.8 Å². The number of nitrogens with one attached hydrogen (secondary N) is 1. The molecule has 1 N–H and O–H groups in total. The Morgan fingerprint density at radius 3 is 2.63 bits per heavy atom. The predicted octanol–water partition coefficient (Wildman–Crippen LogP) is 4.61. The molecule has 0 unspecified atom stereocenters. The van der Waals surface area contributed by atoms with Crippen molar-refractivity contribution in [1.29, 1.82) is 5.26 Å². The van der Waals surface area contributed by atoms with E-state index < -0.39 is 21.5 Å². The fraction of sp³-hybridized carbons (Fsp3) is 0.462. The topological polar surface area (TPSA) is 109 Å². The van der Waals surface area contributed by atoms with E-state index >= 15 is 0 Å². The van der Waals surface area contributed by atoms with Gasteiger partial charge >= 0.3 is 0 Å². The number of nitrogens with zero attached hydrogens (tertiary/aromatic N) is 2. The number of hydrogen-bond donors (Lipinski definition) is 1. The lowest BCUT2D eigenvalue weighted by molar-refractivity contribution is -0.148. The summed E-state index contributed by atoms with van der Waals surface area (Å²) >= 11 is 7.90. The molecule has 1 amide bonds. The van der Waals surface area contributed by atoms with Gasteiger partial charge in [0.1, 0.15) is 23.6 Å². The fourth-order valence-corrected chi connectivity index (χ4v) is 6.19. The molecule has 2 aromatic rings. The number of benzene rings is 2. The zero-order chi connectivity index (χ0) is 27.9. The van der Waals surface area contributed by atoms with Crippen LogP contribution in [0.5, 0.6) is 5.75 Å². The van der Waals surface area contributed by atoms with Gasteiger partial charge in [0.25, 0.3) is 15.9 Å². The van der Waals surface area contributed by atoms with Gasteiger partial charge in [-0.25, -0.2) is 17.5 Å². The third kappa shape index (κ3) is 8.07. The van der Waals surface area contributed by atoms with Gasteiger partial charge in [-0.15, -0.1) is 11.8 Å². The van der Waals surface area contributed by atoms with Gasteiger partial charge in [0.2, 0.25) is 0 Å². The molecule has 0 radical (unpaired) electrons. The SMILES string of the molecule is CN(C)CC[C@H](CSc1ccc(F)cc1)Oc1c(Cl)cc(S(=O)(=O)NC(=O)[C@@]2(C)CCCCO2)cc1C#N. The molecule has 0 aromatic heterocycles. The molecular formula is C26H31ClFN3O5S2. The van der Waals surface area contributed by atoms with Crippen LogP contribution >= 0.6 is 23.4 Å². The van der Waals surface area contributed by atoms with Crippen LogP contribution in [0.3, 0.4) is 0 Å². The first-order valence-corrected chi connectivity index (χ1v) is 14.9. The monoisotopic (exact) mass is 583 g/mol. The summed E-state index contributed by atoms with van der Waals surface area (Å²) in [7, 11) is -0.488. The van der Waals surface area contributed by atoms with Gasteiger partial charge in [0.05, 0.1) is 15.5 Å². The molecule has 1 aliphatic heterocycles. The third-order valence-corrected chi connectivity index (χ3v) is 8.79. The summed E-state index contributed by atoms with van der Waals surface area (Å²) in [4.78, 5) is 15.2. The van der Waals surface area contributed by atoms with Gasteiger partial charge in [-0.05, 0) is 83.1 Å². The first-order chi connectivity index (χ1) is 17.9. The minimum Gasteiger partial charge on any atom is -0.487 e. The molecule has 1 heterocycles. The number of sulfonamides is 1. The largest absolute Gasteiger partial charge is 0.487 e. The van der Waals surface area contributed by atoms with Crippen LogP contribution in [0.25, 0.3) is 0 Å². The molecule has 206 valence electrons. The number of thioether (sulfide) groups is 1. The summed E-state index contributed by atoms with van der Waals surface area (Å²) in [6.45, 7) is 2.61. The van der Waals surface area contributed by atoms with Crippen LogP contribution in [0.4, 0.5) is 4.39 Å². The standard InChI is InChI=1S/C26H31ClFN3O5S2/c1-26(11-4-5-13-35-26)25(32)30-38(33,34)22-14-18(16-29)24(23(27)15-22)36-20(10-12-31(2)3)17-37-21-8-6-19(28)7-9-21/h6-9,14-15,20H,4-5,10-13,17H2,1-3H3,(H,30,32)/t20-,26-/m1/s1. The number of ether oxygens (including phenoxy) is 2. The number of rotatable bonds is 11. The molecule has 2 atom stereocenters. The number of hydrogen-bond acceptors (Lipinski definition) is 8. The predicted molar refractivity (Wildman–Crippen MR) is 144 cm³/mol. The molecule has 38 heavy (non-hydrogen) atoms. The van der Waals surface area contributed by atoms with E-state index in [4.69, 9.17) is 21.1 Å². The molecule has 0 spiro atoms. The van der Waals surface area contributed by atoms with E-state index in [1.807, 2.05) is 25.1 Å². The zero-order valence-corrected chi connectivity index (χ0v) is 23.9. The van der Waals surface area contributed by atoms with Gasteiger partial charge in [-0.1, -0.05) is 11.6 Å². The minimum atomic E-state index is -4.33. The van der Waals surface area contributed by atoms with Gasteiger partial charge in [0, 0.05) is 23.8 Å². The number of nitriles is 1. The normalized spacial score (nSPS) is 18.6. The van der Waals surface area contributed by atoms with E-state index in [1.165, 1.54) is 23.9 Å². The Morgan fingerprint density at radius 1 is 1.32 bits per heavy atom.